The van der Waals surface area contributed by atoms with E-state index < -0.39 is 38.1 Å². The molecular weight excluding hydrogens is 586 g/mol. The fraction of sp³-hybridized carbons (Fsp3) is 0.276. The Morgan fingerprint density at radius 2 is 1.93 bits per heavy atom. The van der Waals surface area contributed by atoms with Crippen molar-refractivity contribution in [1.82, 2.24) is 14.8 Å². The highest BCUT2D eigenvalue weighted by Crippen LogP contribution is 2.38. The van der Waals surface area contributed by atoms with Crippen LogP contribution >= 0.6 is 11.3 Å². The summed E-state index contributed by atoms with van der Waals surface area (Å²) in [5.74, 6) is 2.85. The number of rotatable bonds is 8. The molecule has 42 heavy (non-hydrogen) atoms. The first-order valence-corrected chi connectivity index (χ1v) is 15.3. The lowest BCUT2D eigenvalue weighted by molar-refractivity contribution is 0.0691. The average Bonchev–Trinajstić information content (AvgIpc) is 3.45. The summed E-state index contributed by atoms with van der Waals surface area (Å²) in [6.07, 6.45) is 2.68. The molecule has 2 aromatic heterocycles. The van der Waals surface area contributed by atoms with Gasteiger partial charge in [-0.1, -0.05) is 17.9 Å². The molecule has 0 spiro atoms. The maximum atomic E-state index is 14.8. The minimum absolute atomic E-state index is 0.0322. The third-order valence-electron chi connectivity index (χ3n) is 6.59. The number of aromatic nitrogens is 3. The molecule has 4 N–H and O–H groups in total. The monoisotopic (exact) mass is 612 g/mol. The zero-order chi connectivity index (χ0) is 30.4. The van der Waals surface area contributed by atoms with E-state index in [0.29, 0.717) is 39.9 Å². The Bertz CT molecular complexity index is 1880. The maximum absolute atomic E-state index is 14.8. The van der Waals surface area contributed by atoms with Gasteiger partial charge in [-0.05, 0) is 74.9 Å². The van der Waals surface area contributed by atoms with E-state index >= 15 is 0 Å². The second kappa shape index (κ2) is 11.0. The van der Waals surface area contributed by atoms with E-state index in [2.05, 4.69) is 16.8 Å². The van der Waals surface area contributed by atoms with Gasteiger partial charge in [0.25, 0.3) is 0 Å². The van der Waals surface area contributed by atoms with Gasteiger partial charge in [-0.2, -0.15) is 5.10 Å². The van der Waals surface area contributed by atoms with Crippen molar-refractivity contribution in [3.63, 3.8) is 0 Å². The van der Waals surface area contributed by atoms with E-state index in [1.165, 1.54) is 43.5 Å². The molecule has 0 amide bonds. The fourth-order valence-electron chi connectivity index (χ4n) is 4.40. The summed E-state index contributed by atoms with van der Waals surface area (Å²) >= 11 is 1.10. The van der Waals surface area contributed by atoms with Crippen molar-refractivity contribution in [2.75, 3.05) is 0 Å². The first-order valence-electron chi connectivity index (χ1n) is 12.9. The topological polar surface area (TPSA) is 148 Å². The Morgan fingerprint density at radius 1 is 1.19 bits per heavy atom. The second-order valence-corrected chi connectivity index (χ2v) is 13.0. The lowest BCUT2D eigenvalue weighted by Gasteiger charge is -2.10. The van der Waals surface area contributed by atoms with Crippen molar-refractivity contribution in [3.8, 4) is 28.2 Å². The van der Waals surface area contributed by atoms with Gasteiger partial charge >= 0.3 is 5.97 Å². The van der Waals surface area contributed by atoms with Crippen LogP contribution in [0.2, 0.25) is 0 Å². The molecule has 2 aromatic carbocycles. The highest BCUT2D eigenvalue weighted by molar-refractivity contribution is 7.89. The molecule has 0 bridgehead atoms. The van der Waals surface area contributed by atoms with Crippen molar-refractivity contribution in [2.24, 2.45) is 11.1 Å². The Hall–Kier alpha value is -3.96. The van der Waals surface area contributed by atoms with Crippen LogP contribution in [-0.4, -0.2) is 45.0 Å². The van der Waals surface area contributed by atoms with Crippen LogP contribution in [0.3, 0.4) is 0 Å². The predicted octanol–water partition coefficient (Wildman–Crippen LogP) is 4.29. The molecule has 218 valence electrons. The van der Waals surface area contributed by atoms with Gasteiger partial charge in [0.2, 0.25) is 15.2 Å². The molecule has 9 nitrogen and oxygen atoms in total. The summed E-state index contributed by atoms with van der Waals surface area (Å²) in [6, 6.07) is 7.92. The number of nitrogens with zero attached hydrogens (tertiary/aromatic N) is 3. The Balaban J connectivity index is 1.70. The highest BCUT2D eigenvalue weighted by atomic mass is 32.2. The van der Waals surface area contributed by atoms with Crippen molar-refractivity contribution in [1.29, 1.82) is 0 Å². The number of carboxylic acids is 1. The summed E-state index contributed by atoms with van der Waals surface area (Å²) in [5, 5.41) is 31.1. The zero-order valence-electron chi connectivity index (χ0n) is 22.6. The van der Waals surface area contributed by atoms with Crippen LogP contribution in [0.15, 0.2) is 46.7 Å². The van der Waals surface area contributed by atoms with E-state index in [1.807, 2.05) is 0 Å². The molecule has 2 heterocycles. The molecule has 0 radical (unpaired) electrons. The number of halogens is 2. The largest absolute Gasteiger partial charge is 0.476 e. The molecule has 1 fully saturated rings. The Kier molecular flexibility index (Phi) is 7.76. The summed E-state index contributed by atoms with van der Waals surface area (Å²) in [5.41, 5.74) is 1.26. The number of nitrogens with two attached hydrogens (primary N) is 1. The zero-order valence-corrected chi connectivity index (χ0v) is 24.2. The van der Waals surface area contributed by atoms with Gasteiger partial charge in [0.15, 0.2) is 5.69 Å². The number of aromatic carboxylic acids is 1. The molecule has 1 aliphatic carbocycles. The average molecular weight is 613 g/mol. The summed E-state index contributed by atoms with van der Waals surface area (Å²) in [6.45, 7) is 2.96. The molecule has 1 saturated carbocycles. The summed E-state index contributed by atoms with van der Waals surface area (Å²) < 4.78 is 54.6. The smallest absolute Gasteiger partial charge is 0.355 e. The molecule has 13 heteroatoms. The number of hydrogen-bond donors (Lipinski definition) is 3. The molecule has 0 atom stereocenters. The van der Waals surface area contributed by atoms with E-state index in [0.717, 1.165) is 42.0 Å². The van der Waals surface area contributed by atoms with Gasteiger partial charge in [0.1, 0.15) is 22.1 Å². The number of sulfonamides is 1. The van der Waals surface area contributed by atoms with Gasteiger partial charge in [0, 0.05) is 22.9 Å². The standard InChI is InChI=1S/C29H26F2N4O5S2/c1-29(2,38)10-9-18-14-19(6-7-21(18)30)26-20(11-17-5-8-25(22(31)12-17)42(32,39)40)24(13-16-3-4-16)35(34-26)28-33-23(15-41-28)27(36)37/h5-8,12,14-16,38H,3-4,11,13H2,1-2H3,(H,36,37)(H2,32,39,40). The molecule has 0 unspecified atom stereocenters. The summed E-state index contributed by atoms with van der Waals surface area (Å²) in [7, 11) is -4.26. The SMILES string of the molecule is CC(C)(O)C#Cc1cc(-c2nn(-c3nc(C(=O)O)cs3)c(CC3CC3)c2Cc2ccc(S(N)(=O)=O)c(F)c2)ccc1F. The number of primary sulfonamides is 1. The van der Waals surface area contributed by atoms with Crippen molar-refractivity contribution >= 4 is 27.3 Å². The molecule has 0 aliphatic heterocycles. The molecule has 5 rings (SSSR count). The predicted molar refractivity (Wildman–Crippen MR) is 152 cm³/mol. The van der Waals surface area contributed by atoms with E-state index in [-0.39, 0.29) is 17.7 Å². The number of benzene rings is 2. The van der Waals surface area contributed by atoms with Gasteiger partial charge in [0.05, 0.1) is 17.0 Å². The number of carboxylic acid groups (broad SMARTS) is 1. The quantitative estimate of drug-likeness (QED) is 0.252. The second-order valence-electron chi connectivity index (χ2n) is 10.6. The highest BCUT2D eigenvalue weighted by Gasteiger charge is 2.30. The van der Waals surface area contributed by atoms with E-state index in [1.54, 1.807) is 4.68 Å². The molecule has 4 aromatic rings. The van der Waals surface area contributed by atoms with Crippen LogP contribution in [-0.2, 0) is 22.9 Å². The third-order valence-corrected chi connectivity index (χ3v) is 8.35. The van der Waals surface area contributed by atoms with Crippen LogP contribution in [0.5, 0.6) is 0 Å². The van der Waals surface area contributed by atoms with Crippen LogP contribution in [0.25, 0.3) is 16.4 Å². The number of thiazole rings is 1. The van der Waals surface area contributed by atoms with Gasteiger partial charge < -0.3 is 10.2 Å². The van der Waals surface area contributed by atoms with Crippen LogP contribution in [0.4, 0.5) is 8.78 Å². The molecule has 0 saturated heterocycles. The van der Waals surface area contributed by atoms with Crippen LogP contribution in [0.1, 0.15) is 59.6 Å². The van der Waals surface area contributed by atoms with E-state index in [4.69, 9.17) is 10.2 Å². The maximum Gasteiger partial charge on any atom is 0.355 e. The van der Waals surface area contributed by atoms with Crippen molar-refractivity contribution in [3.05, 3.63) is 81.5 Å². The third kappa shape index (κ3) is 6.57. The molecule has 1 aliphatic rings. The van der Waals surface area contributed by atoms with Crippen LogP contribution in [0, 0.1) is 29.4 Å². The Morgan fingerprint density at radius 3 is 2.52 bits per heavy atom. The Labute approximate surface area is 244 Å². The molecular formula is C29H26F2N4O5S2. The lowest BCUT2D eigenvalue weighted by atomic mass is 9.96. The number of carbonyl (C=O) groups is 1. The van der Waals surface area contributed by atoms with Gasteiger partial charge in [-0.3, -0.25) is 0 Å². The van der Waals surface area contributed by atoms with Gasteiger partial charge in [-0.25, -0.2) is 36.8 Å². The first-order chi connectivity index (χ1) is 19.7. The summed E-state index contributed by atoms with van der Waals surface area (Å²) in [4.78, 5) is 15.2. The van der Waals surface area contributed by atoms with Crippen LogP contribution < -0.4 is 5.14 Å². The minimum atomic E-state index is -4.26. The van der Waals surface area contributed by atoms with E-state index in [9.17, 15) is 32.2 Å². The van der Waals surface area contributed by atoms with Crippen molar-refractivity contribution < 1.29 is 32.2 Å². The number of aliphatic hydroxyl groups is 1. The lowest BCUT2D eigenvalue weighted by Crippen LogP contribution is -2.14. The van der Waals surface area contributed by atoms with Crippen molar-refractivity contribution in [2.45, 2.75) is 50.0 Å². The normalized spacial score (nSPS) is 13.6. The van der Waals surface area contributed by atoms with Gasteiger partial charge in [-0.15, -0.1) is 11.3 Å². The number of hydrogen-bond acceptors (Lipinski definition) is 7. The minimum Gasteiger partial charge on any atom is -0.476 e. The first kappa shape index (κ1) is 29.5. The fourth-order valence-corrected chi connectivity index (χ4v) is 5.76.